The number of nitrogens with zero attached hydrogens (tertiary/aromatic N) is 1. The normalized spacial score (nSPS) is 24.9. The molecule has 4 rings (SSSR count). The summed E-state index contributed by atoms with van der Waals surface area (Å²) in [6.45, 7) is 0. The second-order valence-corrected chi connectivity index (χ2v) is 7.22. The fourth-order valence-electron chi connectivity index (χ4n) is 4.32. The predicted molar refractivity (Wildman–Crippen MR) is 103 cm³/mol. The topological polar surface area (TPSA) is 110 Å². The third-order valence-corrected chi connectivity index (χ3v) is 5.57. The number of carbonyl (C=O) groups excluding carboxylic acids is 1. The number of anilines is 1. The van der Waals surface area contributed by atoms with Gasteiger partial charge >= 0.3 is 5.97 Å². The van der Waals surface area contributed by atoms with Crippen molar-refractivity contribution in [2.24, 2.45) is 23.7 Å². The summed E-state index contributed by atoms with van der Waals surface area (Å²) < 4.78 is 0. The zero-order chi connectivity index (χ0) is 19.8. The first-order valence-corrected chi connectivity index (χ1v) is 9.01. The second kappa shape index (κ2) is 6.92. The van der Waals surface area contributed by atoms with Crippen LogP contribution in [0.25, 0.3) is 11.1 Å². The van der Waals surface area contributed by atoms with E-state index >= 15 is 0 Å². The summed E-state index contributed by atoms with van der Waals surface area (Å²) in [5.41, 5.74) is 1.91. The van der Waals surface area contributed by atoms with E-state index in [0.717, 1.165) is 5.56 Å². The Balaban J connectivity index is 1.56. The van der Waals surface area contributed by atoms with Crippen molar-refractivity contribution in [2.75, 3.05) is 5.32 Å². The van der Waals surface area contributed by atoms with E-state index in [4.69, 9.17) is 0 Å². The molecule has 4 atom stereocenters. The van der Waals surface area contributed by atoms with Crippen LogP contribution >= 0.6 is 0 Å². The molecule has 0 radical (unpaired) electrons. The highest BCUT2D eigenvalue weighted by Gasteiger charge is 2.51. The molecule has 142 valence electrons. The minimum atomic E-state index is -0.942. The number of hydrogen-bond acceptors (Lipinski definition) is 4. The van der Waals surface area contributed by atoms with Crippen LogP contribution in [0.4, 0.5) is 11.4 Å². The zero-order valence-electron chi connectivity index (χ0n) is 14.8. The molecule has 28 heavy (non-hydrogen) atoms. The van der Waals surface area contributed by atoms with Gasteiger partial charge in [-0.1, -0.05) is 36.4 Å². The van der Waals surface area contributed by atoms with Crippen molar-refractivity contribution >= 4 is 23.3 Å². The molecular formula is C21H18N2O5. The number of amides is 1. The van der Waals surface area contributed by atoms with Gasteiger partial charge in [0, 0.05) is 17.8 Å². The number of non-ortho nitro benzene ring substituents is 1. The molecule has 4 unspecified atom stereocenters. The number of allylic oxidation sites excluding steroid dienone is 2. The standard InChI is InChI=1S/C21H18N2O5/c24-20(18-14-7-8-15(9-14)19(18)21(25)26)22-16-5-1-3-12(10-16)13-4-2-6-17(11-13)23(27)28/h1-8,10-11,14-15,18-19H,9H2,(H,22,24)(H,25,26). The Morgan fingerprint density at radius 3 is 2.32 bits per heavy atom. The molecule has 2 aromatic carbocycles. The maximum absolute atomic E-state index is 12.8. The lowest BCUT2D eigenvalue weighted by Crippen LogP contribution is -2.36. The van der Waals surface area contributed by atoms with Crippen LogP contribution in [0.15, 0.2) is 60.7 Å². The molecule has 2 aliphatic carbocycles. The summed E-state index contributed by atoms with van der Waals surface area (Å²) in [6, 6.07) is 13.3. The Morgan fingerprint density at radius 2 is 1.64 bits per heavy atom. The van der Waals surface area contributed by atoms with Crippen molar-refractivity contribution in [3.63, 3.8) is 0 Å². The van der Waals surface area contributed by atoms with Gasteiger partial charge in [-0.05, 0) is 41.5 Å². The van der Waals surface area contributed by atoms with E-state index in [-0.39, 0.29) is 23.4 Å². The van der Waals surface area contributed by atoms with Gasteiger partial charge < -0.3 is 10.4 Å². The van der Waals surface area contributed by atoms with Crippen LogP contribution in [0, 0.1) is 33.8 Å². The number of aliphatic carboxylic acids is 1. The Hall–Kier alpha value is -3.48. The average molecular weight is 378 g/mol. The van der Waals surface area contributed by atoms with Gasteiger partial charge in [0.2, 0.25) is 5.91 Å². The number of carboxylic acid groups (broad SMARTS) is 1. The van der Waals surface area contributed by atoms with Crippen LogP contribution in [0.2, 0.25) is 0 Å². The lowest BCUT2D eigenvalue weighted by atomic mass is 9.82. The number of fused-ring (bicyclic) bond motifs is 2. The quantitative estimate of drug-likeness (QED) is 0.468. The van der Waals surface area contributed by atoms with Gasteiger partial charge in [-0.25, -0.2) is 0 Å². The molecule has 0 aliphatic heterocycles. The van der Waals surface area contributed by atoms with Gasteiger partial charge in [0.25, 0.3) is 5.69 Å². The van der Waals surface area contributed by atoms with E-state index in [2.05, 4.69) is 5.32 Å². The van der Waals surface area contributed by atoms with Crippen LogP contribution in [-0.4, -0.2) is 21.9 Å². The zero-order valence-corrected chi connectivity index (χ0v) is 14.8. The van der Waals surface area contributed by atoms with Gasteiger partial charge in [0.1, 0.15) is 0 Å². The van der Waals surface area contributed by atoms with Crippen molar-refractivity contribution in [3.05, 3.63) is 70.8 Å². The van der Waals surface area contributed by atoms with Crippen molar-refractivity contribution in [2.45, 2.75) is 6.42 Å². The van der Waals surface area contributed by atoms with Crippen LogP contribution in [0.5, 0.6) is 0 Å². The van der Waals surface area contributed by atoms with Gasteiger partial charge in [-0.3, -0.25) is 19.7 Å². The number of benzene rings is 2. The van der Waals surface area contributed by atoms with E-state index in [9.17, 15) is 24.8 Å². The SMILES string of the molecule is O=C(O)C1C2C=CC(C2)C1C(=O)Nc1cccc(-c2cccc([N+](=O)[O-])c2)c1. The van der Waals surface area contributed by atoms with E-state index in [1.165, 1.54) is 12.1 Å². The van der Waals surface area contributed by atoms with E-state index in [0.29, 0.717) is 17.7 Å². The highest BCUT2D eigenvalue weighted by atomic mass is 16.6. The van der Waals surface area contributed by atoms with Crippen molar-refractivity contribution < 1.29 is 19.6 Å². The maximum atomic E-state index is 12.8. The molecule has 2 bridgehead atoms. The summed E-state index contributed by atoms with van der Waals surface area (Å²) in [5, 5.41) is 23.3. The fourth-order valence-corrected chi connectivity index (χ4v) is 4.32. The summed E-state index contributed by atoms with van der Waals surface area (Å²) in [7, 11) is 0. The summed E-state index contributed by atoms with van der Waals surface area (Å²) >= 11 is 0. The Morgan fingerprint density at radius 1 is 1.00 bits per heavy atom. The second-order valence-electron chi connectivity index (χ2n) is 7.22. The highest BCUT2D eigenvalue weighted by molar-refractivity contribution is 5.96. The molecule has 1 saturated carbocycles. The number of hydrogen-bond donors (Lipinski definition) is 2. The number of carbonyl (C=O) groups is 2. The van der Waals surface area contributed by atoms with Gasteiger partial charge in [0.15, 0.2) is 0 Å². The first-order chi connectivity index (χ1) is 13.4. The smallest absolute Gasteiger partial charge is 0.307 e. The Kier molecular flexibility index (Phi) is 4.43. The Bertz CT molecular complexity index is 1000. The van der Waals surface area contributed by atoms with Crippen LogP contribution in [-0.2, 0) is 9.59 Å². The van der Waals surface area contributed by atoms with E-state index in [1.807, 2.05) is 12.2 Å². The molecule has 2 aliphatic rings. The number of nitrogens with one attached hydrogen (secondary N) is 1. The van der Waals surface area contributed by atoms with Crippen molar-refractivity contribution in [1.29, 1.82) is 0 Å². The molecule has 0 spiro atoms. The van der Waals surface area contributed by atoms with Crippen molar-refractivity contribution in [1.82, 2.24) is 0 Å². The third-order valence-electron chi connectivity index (χ3n) is 5.57. The molecule has 7 nitrogen and oxygen atoms in total. The minimum absolute atomic E-state index is 0.00925. The molecule has 2 N–H and O–H groups in total. The largest absolute Gasteiger partial charge is 0.481 e. The molecule has 0 saturated heterocycles. The molecular weight excluding hydrogens is 360 g/mol. The van der Waals surface area contributed by atoms with Gasteiger partial charge in [0.05, 0.1) is 16.8 Å². The van der Waals surface area contributed by atoms with Crippen LogP contribution in [0.3, 0.4) is 0 Å². The molecule has 2 aromatic rings. The first kappa shape index (κ1) is 17.9. The predicted octanol–water partition coefficient (Wildman–Crippen LogP) is 3.72. The third kappa shape index (κ3) is 3.15. The molecule has 0 heterocycles. The Labute approximate surface area is 160 Å². The number of nitro groups is 1. The minimum Gasteiger partial charge on any atom is -0.481 e. The summed E-state index contributed by atoms with van der Waals surface area (Å²) in [5.74, 6) is -2.67. The summed E-state index contributed by atoms with van der Waals surface area (Å²) in [4.78, 5) is 35.0. The first-order valence-electron chi connectivity index (χ1n) is 9.01. The van der Waals surface area contributed by atoms with E-state index < -0.39 is 22.7 Å². The molecule has 7 heteroatoms. The summed E-state index contributed by atoms with van der Waals surface area (Å²) in [6.07, 6.45) is 4.53. The number of carboxylic acids is 1. The van der Waals surface area contributed by atoms with E-state index in [1.54, 1.807) is 36.4 Å². The average Bonchev–Trinajstić information content (AvgIpc) is 3.30. The molecule has 1 amide bonds. The van der Waals surface area contributed by atoms with Crippen LogP contribution in [0.1, 0.15) is 6.42 Å². The molecule has 1 fully saturated rings. The van der Waals surface area contributed by atoms with Gasteiger partial charge in [-0.2, -0.15) is 0 Å². The monoisotopic (exact) mass is 378 g/mol. The lowest BCUT2D eigenvalue weighted by Gasteiger charge is -2.24. The van der Waals surface area contributed by atoms with Gasteiger partial charge in [-0.15, -0.1) is 0 Å². The lowest BCUT2D eigenvalue weighted by molar-refractivity contribution is -0.384. The number of nitro benzene ring substituents is 1. The van der Waals surface area contributed by atoms with Crippen LogP contribution < -0.4 is 5.32 Å². The maximum Gasteiger partial charge on any atom is 0.307 e. The number of rotatable bonds is 5. The van der Waals surface area contributed by atoms with Crippen molar-refractivity contribution in [3.8, 4) is 11.1 Å². The highest BCUT2D eigenvalue weighted by Crippen LogP contribution is 2.48. The molecule has 0 aromatic heterocycles. The fraction of sp³-hybridized carbons (Fsp3) is 0.238.